The molecule has 3 N–H and O–H groups in total. The Labute approximate surface area is 151 Å². The van der Waals surface area contributed by atoms with Gasteiger partial charge in [0.2, 0.25) is 11.9 Å². The van der Waals surface area contributed by atoms with E-state index >= 15 is 0 Å². The summed E-state index contributed by atoms with van der Waals surface area (Å²) in [4.78, 5) is 12.6. The molecule has 0 aliphatic carbocycles. The van der Waals surface area contributed by atoms with E-state index in [4.69, 9.17) is 22.1 Å². The summed E-state index contributed by atoms with van der Waals surface area (Å²) in [5.74, 6) is 1.65. The van der Waals surface area contributed by atoms with Crippen LogP contribution in [0.1, 0.15) is 17.0 Å². The number of nitrogens with two attached hydrogens (primary N) is 1. The molecule has 25 heavy (non-hydrogen) atoms. The Balaban J connectivity index is 1.75. The first kappa shape index (κ1) is 17.0. The highest BCUT2D eigenvalue weighted by Gasteiger charge is 2.07. The number of anilines is 3. The molecule has 3 rings (SSSR count). The molecule has 0 saturated carbocycles. The monoisotopic (exact) mass is 355 g/mol. The molecule has 0 radical (unpaired) electrons. The molecule has 0 unspecified atom stereocenters. The van der Waals surface area contributed by atoms with Crippen molar-refractivity contribution in [1.29, 1.82) is 0 Å². The molecule has 0 aliphatic heterocycles. The van der Waals surface area contributed by atoms with Crippen molar-refractivity contribution < 1.29 is 4.74 Å². The molecule has 0 bridgehead atoms. The van der Waals surface area contributed by atoms with E-state index in [1.165, 1.54) is 0 Å². The standard InChI is InChI=1S/C18H18ClN5O/c1-11-5-3-4-6-15(11)21-18-23-16(22-17(20)24-18)10-25-13-7-8-14(19)12(2)9-13/h3-9H,10H2,1-2H3,(H3,20,21,22,23,24). The second-order valence-corrected chi connectivity index (χ2v) is 5.98. The van der Waals surface area contributed by atoms with Gasteiger partial charge in [-0.1, -0.05) is 29.8 Å². The van der Waals surface area contributed by atoms with Gasteiger partial charge in [0.05, 0.1) is 0 Å². The van der Waals surface area contributed by atoms with E-state index in [1.807, 2.05) is 44.2 Å². The SMILES string of the molecule is Cc1cc(OCc2nc(N)nc(Nc3ccccc3C)n2)ccc1Cl. The molecule has 0 saturated heterocycles. The minimum Gasteiger partial charge on any atom is -0.486 e. The Morgan fingerprint density at radius 1 is 1.04 bits per heavy atom. The first-order valence-corrected chi connectivity index (χ1v) is 8.11. The van der Waals surface area contributed by atoms with Crippen molar-refractivity contribution in [2.45, 2.75) is 20.5 Å². The first-order valence-electron chi connectivity index (χ1n) is 7.73. The number of benzene rings is 2. The maximum Gasteiger partial charge on any atom is 0.232 e. The third-order valence-corrected chi connectivity index (χ3v) is 4.01. The molecular formula is C18H18ClN5O. The summed E-state index contributed by atoms with van der Waals surface area (Å²) < 4.78 is 5.72. The van der Waals surface area contributed by atoms with Crippen LogP contribution in [0.25, 0.3) is 0 Å². The van der Waals surface area contributed by atoms with Gasteiger partial charge >= 0.3 is 0 Å². The number of ether oxygens (including phenoxy) is 1. The number of halogens is 1. The van der Waals surface area contributed by atoms with Crippen LogP contribution in [0.15, 0.2) is 42.5 Å². The van der Waals surface area contributed by atoms with Gasteiger partial charge in [-0.15, -0.1) is 0 Å². The lowest BCUT2D eigenvalue weighted by Gasteiger charge is -2.10. The Bertz CT molecular complexity index is 900. The summed E-state index contributed by atoms with van der Waals surface area (Å²) in [5, 5.41) is 3.85. The van der Waals surface area contributed by atoms with Crippen molar-refractivity contribution in [3.8, 4) is 5.75 Å². The van der Waals surface area contributed by atoms with Gasteiger partial charge in [-0.05, 0) is 49.2 Å². The van der Waals surface area contributed by atoms with Gasteiger partial charge in [0, 0.05) is 10.7 Å². The van der Waals surface area contributed by atoms with Gasteiger partial charge in [-0.3, -0.25) is 0 Å². The Morgan fingerprint density at radius 3 is 2.60 bits per heavy atom. The van der Waals surface area contributed by atoms with Crippen molar-refractivity contribution >= 4 is 29.2 Å². The van der Waals surface area contributed by atoms with Gasteiger partial charge in [-0.25, -0.2) is 0 Å². The Morgan fingerprint density at radius 2 is 1.84 bits per heavy atom. The van der Waals surface area contributed by atoms with Crippen molar-refractivity contribution in [3.63, 3.8) is 0 Å². The fourth-order valence-electron chi connectivity index (χ4n) is 2.25. The normalized spacial score (nSPS) is 10.5. The van der Waals surface area contributed by atoms with Crippen LogP contribution in [0.2, 0.25) is 5.02 Å². The number of aromatic nitrogens is 3. The molecule has 7 heteroatoms. The van der Waals surface area contributed by atoms with Crippen LogP contribution in [0.3, 0.4) is 0 Å². The van der Waals surface area contributed by atoms with Gasteiger partial charge in [-0.2, -0.15) is 15.0 Å². The number of nitrogen functional groups attached to an aromatic ring is 1. The van der Waals surface area contributed by atoms with E-state index in [2.05, 4.69) is 20.3 Å². The van der Waals surface area contributed by atoms with Gasteiger partial charge in [0.1, 0.15) is 12.4 Å². The lowest BCUT2D eigenvalue weighted by atomic mass is 10.2. The van der Waals surface area contributed by atoms with Crippen LogP contribution in [0.4, 0.5) is 17.6 Å². The second kappa shape index (κ2) is 7.36. The lowest BCUT2D eigenvalue weighted by Crippen LogP contribution is -2.09. The maximum atomic E-state index is 6.02. The molecule has 0 aliphatic rings. The molecule has 0 fully saturated rings. The summed E-state index contributed by atoms with van der Waals surface area (Å²) >= 11 is 6.02. The molecule has 6 nitrogen and oxygen atoms in total. The van der Waals surface area contributed by atoms with E-state index in [1.54, 1.807) is 12.1 Å². The van der Waals surface area contributed by atoms with Crippen LogP contribution in [0.5, 0.6) is 5.75 Å². The molecule has 0 spiro atoms. The van der Waals surface area contributed by atoms with E-state index in [0.29, 0.717) is 22.5 Å². The fourth-order valence-corrected chi connectivity index (χ4v) is 2.36. The predicted molar refractivity (Wildman–Crippen MR) is 99.2 cm³/mol. The first-order chi connectivity index (χ1) is 12.0. The van der Waals surface area contributed by atoms with Gasteiger partial charge in [0.15, 0.2) is 5.82 Å². The minimum absolute atomic E-state index is 0.136. The van der Waals surface area contributed by atoms with Crippen LogP contribution in [-0.2, 0) is 6.61 Å². The zero-order valence-corrected chi connectivity index (χ0v) is 14.7. The molecule has 0 atom stereocenters. The van der Waals surface area contributed by atoms with Crippen molar-refractivity contribution in [3.05, 3.63) is 64.4 Å². The Kier molecular flexibility index (Phi) is 5.00. The summed E-state index contributed by atoms with van der Waals surface area (Å²) in [7, 11) is 0. The highest BCUT2D eigenvalue weighted by atomic mass is 35.5. The molecule has 1 aromatic heterocycles. The highest BCUT2D eigenvalue weighted by Crippen LogP contribution is 2.22. The number of aryl methyl sites for hydroxylation is 2. The zero-order valence-electron chi connectivity index (χ0n) is 14.0. The lowest BCUT2D eigenvalue weighted by molar-refractivity contribution is 0.295. The number of nitrogens with one attached hydrogen (secondary N) is 1. The quantitative estimate of drug-likeness (QED) is 0.718. The third kappa shape index (κ3) is 4.36. The number of rotatable bonds is 5. The van der Waals surface area contributed by atoms with E-state index in [-0.39, 0.29) is 12.6 Å². The third-order valence-electron chi connectivity index (χ3n) is 3.59. The summed E-state index contributed by atoms with van der Waals surface area (Å²) in [6.07, 6.45) is 0. The predicted octanol–water partition coefficient (Wildman–Crippen LogP) is 4.05. The van der Waals surface area contributed by atoms with Crippen LogP contribution in [-0.4, -0.2) is 15.0 Å². The second-order valence-electron chi connectivity index (χ2n) is 5.57. The molecule has 2 aromatic carbocycles. The van der Waals surface area contributed by atoms with E-state index in [9.17, 15) is 0 Å². The smallest absolute Gasteiger partial charge is 0.232 e. The minimum atomic E-state index is 0.136. The molecule has 128 valence electrons. The molecule has 0 amide bonds. The average Bonchev–Trinajstić information content (AvgIpc) is 2.58. The van der Waals surface area contributed by atoms with E-state index in [0.717, 1.165) is 16.8 Å². The van der Waals surface area contributed by atoms with E-state index < -0.39 is 0 Å². The topological polar surface area (TPSA) is 86.0 Å². The molecule has 3 aromatic rings. The van der Waals surface area contributed by atoms with Crippen molar-refractivity contribution in [1.82, 2.24) is 15.0 Å². The van der Waals surface area contributed by atoms with Crippen LogP contribution in [0, 0.1) is 13.8 Å². The zero-order chi connectivity index (χ0) is 17.8. The summed E-state index contributed by atoms with van der Waals surface area (Å²) in [6, 6.07) is 13.3. The van der Waals surface area contributed by atoms with Crippen LogP contribution >= 0.6 is 11.6 Å². The maximum absolute atomic E-state index is 6.02. The number of nitrogens with zero attached hydrogens (tertiary/aromatic N) is 3. The summed E-state index contributed by atoms with van der Waals surface area (Å²) in [5.41, 5.74) is 8.72. The largest absolute Gasteiger partial charge is 0.486 e. The number of para-hydroxylation sites is 1. The Hall–Kier alpha value is -2.86. The highest BCUT2D eigenvalue weighted by molar-refractivity contribution is 6.31. The van der Waals surface area contributed by atoms with Crippen molar-refractivity contribution in [2.24, 2.45) is 0 Å². The molecule has 1 heterocycles. The molecular weight excluding hydrogens is 338 g/mol. The number of hydrogen-bond donors (Lipinski definition) is 2. The van der Waals surface area contributed by atoms with Gasteiger partial charge < -0.3 is 15.8 Å². The van der Waals surface area contributed by atoms with Crippen LogP contribution < -0.4 is 15.8 Å². The summed E-state index contributed by atoms with van der Waals surface area (Å²) in [6.45, 7) is 4.09. The van der Waals surface area contributed by atoms with Gasteiger partial charge in [0.25, 0.3) is 0 Å². The van der Waals surface area contributed by atoms with Crippen molar-refractivity contribution in [2.75, 3.05) is 11.1 Å². The fraction of sp³-hybridized carbons (Fsp3) is 0.167. The average molecular weight is 356 g/mol. The number of hydrogen-bond acceptors (Lipinski definition) is 6.